The minimum Gasteiger partial charge on any atom is -0.409 e. The molecule has 1 aliphatic carbocycles. The zero-order valence-electron chi connectivity index (χ0n) is 9.84. The number of carbonyl (C=O) groups excluding carboxylic acids is 1. The molecule has 5 nitrogen and oxygen atoms in total. The predicted molar refractivity (Wildman–Crippen MR) is 68.2 cm³/mol. The van der Waals surface area contributed by atoms with E-state index in [0.717, 1.165) is 30.8 Å². The van der Waals surface area contributed by atoms with Crippen molar-refractivity contribution in [2.24, 2.45) is 16.8 Å². The van der Waals surface area contributed by atoms with Crippen LogP contribution in [0.5, 0.6) is 0 Å². The van der Waals surface area contributed by atoms with Crippen LogP contribution in [0.15, 0.2) is 5.16 Å². The van der Waals surface area contributed by atoms with Gasteiger partial charge in [-0.05, 0) is 25.0 Å². The number of thioether (sulfide) groups is 1. The van der Waals surface area contributed by atoms with E-state index in [-0.39, 0.29) is 17.7 Å². The van der Waals surface area contributed by atoms with Gasteiger partial charge in [-0.3, -0.25) is 4.79 Å². The Morgan fingerprint density at radius 2 is 2.24 bits per heavy atom. The van der Waals surface area contributed by atoms with Crippen molar-refractivity contribution in [2.45, 2.75) is 31.7 Å². The zero-order valence-corrected chi connectivity index (χ0v) is 10.7. The van der Waals surface area contributed by atoms with Gasteiger partial charge in [0.25, 0.3) is 0 Å². The van der Waals surface area contributed by atoms with Crippen LogP contribution in [-0.2, 0) is 4.79 Å². The fourth-order valence-electron chi connectivity index (χ4n) is 2.11. The maximum absolute atomic E-state index is 12.3. The van der Waals surface area contributed by atoms with Gasteiger partial charge < -0.3 is 15.8 Å². The van der Waals surface area contributed by atoms with E-state index in [1.165, 1.54) is 0 Å². The molecule has 2 fully saturated rings. The molecule has 1 atom stereocenters. The second-order valence-electron chi connectivity index (χ2n) is 4.66. The van der Waals surface area contributed by atoms with Gasteiger partial charge in [-0.2, -0.15) is 11.8 Å². The standard InChI is InChI=1S/C11H19N3O2S/c12-10(13-16)3-5-14(9-1-2-9)11(15)8-4-6-17-7-8/h8-9,16H,1-7H2,(H2,12,13). The van der Waals surface area contributed by atoms with E-state index >= 15 is 0 Å². The van der Waals surface area contributed by atoms with Crippen molar-refractivity contribution >= 4 is 23.5 Å². The van der Waals surface area contributed by atoms with E-state index in [1.807, 2.05) is 16.7 Å². The highest BCUT2D eigenvalue weighted by Gasteiger charge is 2.36. The number of rotatable bonds is 5. The van der Waals surface area contributed by atoms with Crippen molar-refractivity contribution < 1.29 is 10.0 Å². The molecule has 0 aromatic carbocycles. The summed E-state index contributed by atoms with van der Waals surface area (Å²) in [5.41, 5.74) is 5.45. The lowest BCUT2D eigenvalue weighted by Gasteiger charge is -2.25. The van der Waals surface area contributed by atoms with E-state index in [2.05, 4.69) is 5.16 Å². The maximum atomic E-state index is 12.3. The molecule has 1 saturated carbocycles. The molecule has 0 aromatic rings. The largest absolute Gasteiger partial charge is 0.409 e. The summed E-state index contributed by atoms with van der Waals surface area (Å²) < 4.78 is 0. The van der Waals surface area contributed by atoms with E-state index in [1.54, 1.807) is 0 Å². The quantitative estimate of drug-likeness (QED) is 0.331. The molecule has 3 N–H and O–H groups in total. The van der Waals surface area contributed by atoms with Gasteiger partial charge >= 0.3 is 0 Å². The third-order valence-corrected chi connectivity index (χ3v) is 4.45. The molecule has 96 valence electrons. The number of hydrogen-bond acceptors (Lipinski definition) is 4. The van der Waals surface area contributed by atoms with Crippen LogP contribution in [0.4, 0.5) is 0 Å². The van der Waals surface area contributed by atoms with Crippen molar-refractivity contribution in [3.05, 3.63) is 0 Å². The lowest BCUT2D eigenvalue weighted by atomic mass is 10.1. The molecule has 1 amide bonds. The van der Waals surface area contributed by atoms with E-state index in [0.29, 0.717) is 19.0 Å². The van der Waals surface area contributed by atoms with Crippen LogP contribution >= 0.6 is 11.8 Å². The Kier molecular flexibility index (Phi) is 4.15. The first-order valence-corrected chi connectivity index (χ1v) is 7.22. The number of nitrogens with zero attached hydrogens (tertiary/aromatic N) is 2. The molecule has 2 rings (SSSR count). The molecule has 1 saturated heterocycles. The van der Waals surface area contributed by atoms with Crippen molar-refractivity contribution in [3.8, 4) is 0 Å². The predicted octanol–water partition coefficient (Wildman–Crippen LogP) is 0.867. The smallest absolute Gasteiger partial charge is 0.226 e. The van der Waals surface area contributed by atoms with Gasteiger partial charge in [-0.25, -0.2) is 0 Å². The first kappa shape index (κ1) is 12.5. The van der Waals surface area contributed by atoms with Crippen LogP contribution < -0.4 is 5.73 Å². The van der Waals surface area contributed by atoms with Crippen LogP contribution in [-0.4, -0.2) is 45.9 Å². The summed E-state index contributed by atoms with van der Waals surface area (Å²) >= 11 is 1.85. The minimum absolute atomic E-state index is 0.188. The summed E-state index contributed by atoms with van der Waals surface area (Å²) in [6, 6.07) is 0.402. The average molecular weight is 257 g/mol. The third kappa shape index (κ3) is 3.28. The first-order valence-electron chi connectivity index (χ1n) is 6.07. The Bertz CT molecular complexity index is 312. The fourth-order valence-corrected chi connectivity index (χ4v) is 3.32. The molecular formula is C11H19N3O2S. The second-order valence-corrected chi connectivity index (χ2v) is 5.81. The number of amides is 1. The van der Waals surface area contributed by atoms with Crippen LogP contribution in [0.1, 0.15) is 25.7 Å². The summed E-state index contributed by atoms with van der Waals surface area (Å²) in [6.07, 6.45) is 3.65. The lowest BCUT2D eigenvalue weighted by Crippen LogP contribution is -2.39. The number of carbonyl (C=O) groups is 1. The molecule has 17 heavy (non-hydrogen) atoms. The first-order chi connectivity index (χ1) is 8.22. The molecule has 0 bridgehead atoms. The Balaban J connectivity index is 1.89. The van der Waals surface area contributed by atoms with Crippen LogP contribution in [0.25, 0.3) is 0 Å². The van der Waals surface area contributed by atoms with Crippen molar-refractivity contribution in [3.63, 3.8) is 0 Å². The van der Waals surface area contributed by atoms with Crippen LogP contribution in [0.3, 0.4) is 0 Å². The third-order valence-electron chi connectivity index (χ3n) is 3.29. The molecule has 2 aliphatic rings. The average Bonchev–Trinajstić information content (AvgIpc) is 3.02. The van der Waals surface area contributed by atoms with Gasteiger partial charge in [-0.1, -0.05) is 5.16 Å². The number of nitrogens with two attached hydrogens (primary N) is 1. The summed E-state index contributed by atoms with van der Waals surface area (Å²) in [7, 11) is 0. The molecular weight excluding hydrogens is 238 g/mol. The number of hydrogen-bond donors (Lipinski definition) is 2. The fraction of sp³-hybridized carbons (Fsp3) is 0.818. The Labute approximate surface area is 105 Å². The van der Waals surface area contributed by atoms with Gasteiger partial charge in [0.15, 0.2) is 0 Å². The van der Waals surface area contributed by atoms with Crippen molar-refractivity contribution in [1.29, 1.82) is 0 Å². The maximum Gasteiger partial charge on any atom is 0.226 e. The zero-order chi connectivity index (χ0) is 12.3. The normalized spacial score (nSPS) is 24.9. The van der Waals surface area contributed by atoms with E-state index in [9.17, 15) is 4.79 Å². The summed E-state index contributed by atoms with van der Waals surface area (Å²) in [5.74, 6) is 2.70. The van der Waals surface area contributed by atoms with Gasteiger partial charge in [0.2, 0.25) is 5.91 Å². The van der Waals surface area contributed by atoms with Gasteiger partial charge in [-0.15, -0.1) is 0 Å². The lowest BCUT2D eigenvalue weighted by molar-refractivity contribution is -0.135. The molecule has 6 heteroatoms. The SMILES string of the molecule is NC(CCN(C(=O)C1CCSC1)C1CC1)=NO. The highest BCUT2D eigenvalue weighted by molar-refractivity contribution is 7.99. The summed E-state index contributed by atoms with van der Waals surface area (Å²) in [6.45, 7) is 0.584. The van der Waals surface area contributed by atoms with Crippen molar-refractivity contribution in [1.82, 2.24) is 4.90 Å². The minimum atomic E-state index is 0.188. The molecule has 1 aliphatic heterocycles. The topological polar surface area (TPSA) is 78.9 Å². The molecule has 0 radical (unpaired) electrons. The Morgan fingerprint density at radius 3 is 2.76 bits per heavy atom. The van der Waals surface area contributed by atoms with E-state index in [4.69, 9.17) is 10.9 Å². The van der Waals surface area contributed by atoms with Gasteiger partial charge in [0.1, 0.15) is 5.84 Å². The van der Waals surface area contributed by atoms with Crippen LogP contribution in [0.2, 0.25) is 0 Å². The van der Waals surface area contributed by atoms with Gasteiger partial charge in [0, 0.05) is 30.7 Å². The number of oxime groups is 1. The molecule has 1 heterocycles. The summed E-state index contributed by atoms with van der Waals surface area (Å²) in [5, 5.41) is 11.5. The second kappa shape index (κ2) is 5.62. The highest BCUT2D eigenvalue weighted by Crippen LogP contribution is 2.32. The highest BCUT2D eigenvalue weighted by atomic mass is 32.2. The number of amidine groups is 1. The van der Waals surface area contributed by atoms with E-state index < -0.39 is 0 Å². The molecule has 0 spiro atoms. The van der Waals surface area contributed by atoms with Gasteiger partial charge in [0.05, 0.1) is 0 Å². The van der Waals surface area contributed by atoms with Crippen molar-refractivity contribution in [2.75, 3.05) is 18.1 Å². The van der Waals surface area contributed by atoms with Crippen LogP contribution in [0, 0.1) is 5.92 Å². The monoisotopic (exact) mass is 257 g/mol. The Morgan fingerprint density at radius 1 is 1.47 bits per heavy atom. The summed E-state index contributed by atoms with van der Waals surface area (Å²) in [4.78, 5) is 14.2. The molecule has 0 aromatic heterocycles. The molecule has 1 unspecified atom stereocenters. The Hall–Kier alpha value is -0.910.